The van der Waals surface area contributed by atoms with Crippen LogP contribution in [0.4, 0.5) is 0 Å². The molecule has 0 aliphatic heterocycles. The Labute approximate surface area is 112 Å². The number of phenols is 1. The van der Waals surface area contributed by atoms with Gasteiger partial charge >= 0.3 is 0 Å². The van der Waals surface area contributed by atoms with Crippen molar-refractivity contribution >= 4 is 10.9 Å². The van der Waals surface area contributed by atoms with Crippen molar-refractivity contribution in [3.8, 4) is 17.0 Å². The Morgan fingerprint density at radius 2 is 1.58 bits per heavy atom. The summed E-state index contributed by atoms with van der Waals surface area (Å²) in [6.07, 6.45) is 1.48. The SMILES string of the molecule is CC.Oc1cccc2c(-c3ccccc3)ncnc12. The zero-order valence-corrected chi connectivity index (χ0v) is 11.0. The summed E-state index contributed by atoms with van der Waals surface area (Å²) in [5.74, 6) is 0.182. The van der Waals surface area contributed by atoms with Crippen molar-refractivity contribution in [2.75, 3.05) is 0 Å². The van der Waals surface area contributed by atoms with Gasteiger partial charge in [-0.15, -0.1) is 0 Å². The van der Waals surface area contributed by atoms with Gasteiger partial charge in [-0.05, 0) is 6.07 Å². The fourth-order valence-electron chi connectivity index (χ4n) is 1.90. The summed E-state index contributed by atoms with van der Waals surface area (Å²) < 4.78 is 0. The number of nitrogens with zero attached hydrogens (tertiary/aromatic N) is 2. The molecule has 0 spiro atoms. The number of hydrogen-bond donors (Lipinski definition) is 1. The first kappa shape index (κ1) is 13.0. The lowest BCUT2D eigenvalue weighted by atomic mass is 10.1. The molecule has 0 radical (unpaired) electrons. The largest absolute Gasteiger partial charge is 0.506 e. The Balaban J connectivity index is 0.000000637. The van der Waals surface area contributed by atoms with Gasteiger partial charge in [-0.25, -0.2) is 9.97 Å². The average molecular weight is 252 g/mol. The second-order valence-corrected chi connectivity index (χ2v) is 3.76. The molecule has 1 N–H and O–H groups in total. The van der Waals surface area contributed by atoms with Crippen LogP contribution in [0, 0.1) is 0 Å². The van der Waals surface area contributed by atoms with Crippen molar-refractivity contribution in [1.82, 2.24) is 9.97 Å². The van der Waals surface area contributed by atoms with Crippen molar-refractivity contribution in [3.63, 3.8) is 0 Å². The Bertz CT molecular complexity index is 666. The van der Waals surface area contributed by atoms with E-state index in [1.54, 1.807) is 12.1 Å². The lowest BCUT2D eigenvalue weighted by Gasteiger charge is -2.05. The molecule has 1 aromatic heterocycles. The van der Waals surface area contributed by atoms with E-state index in [1.807, 2.05) is 50.2 Å². The van der Waals surface area contributed by atoms with Gasteiger partial charge in [0.05, 0.1) is 5.69 Å². The van der Waals surface area contributed by atoms with Crippen LogP contribution in [0.2, 0.25) is 0 Å². The number of fused-ring (bicyclic) bond motifs is 1. The first-order valence-corrected chi connectivity index (χ1v) is 6.34. The van der Waals surface area contributed by atoms with E-state index in [-0.39, 0.29) is 5.75 Å². The van der Waals surface area contributed by atoms with E-state index in [2.05, 4.69) is 9.97 Å². The van der Waals surface area contributed by atoms with Crippen molar-refractivity contribution in [1.29, 1.82) is 0 Å². The number of hydrogen-bond acceptors (Lipinski definition) is 3. The van der Waals surface area contributed by atoms with Gasteiger partial charge in [-0.3, -0.25) is 0 Å². The highest BCUT2D eigenvalue weighted by atomic mass is 16.3. The smallest absolute Gasteiger partial charge is 0.141 e. The summed E-state index contributed by atoms with van der Waals surface area (Å²) in [4.78, 5) is 8.40. The predicted octanol–water partition coefficient (Wildman–Crippen LogP) is 4.03. The third-order valence-electron chi connectivity index (χ3n) is 2.69. The number of rotatable bonds is 1. The molecule has 0 saturated carbocycles. The van der Waals surface area contributed by atoms with Crippen LogP contribution in [0.1, 0.15) is 13.8 Å². The molecule has 96 valence electrons. The first-order valence-electron chi connectivity index (χ1n) is 6.34. The van der Waals surface area contributed by atoms with Crippen molar-refractivity contribution < 1.29 is 5.11 Å². The van der Waals surface area contributed by atoms with Crippen LogP contribution in [0.5, 0.6) is 5.75 Å². The Kier molecular flexibility index (Phi) is 4.08. The molecule has 0 saturated heterocycles. The summed E-state index contributed by atoms with van der Waals surface area (Å²) in [7, 11) is 0. The molecule has 3 heteroatoms. The Hall–Kier alpha value is -2.42. The molecule has 19 heavy (non-hydrogen) atoms. The van der Waals surface area contributed by atoms with Gasteiger partial charge in [0.1, 0.15) is 17.6 Å². The minimum Gasteiger partial charge on any atom is -0.506 e. The van der Waals surface area contributed by atoms with Crippen LogP contribution < -0.4 is 0 Å². The molecule has 2 aromatic carbocycles. The second-order valence-electron chi connectivity index (χ2n) is 3.76. The van der Waals surface area contributed by atoms with E-state index in [9.17, 15) is 5.11 Å². The van der Waals surface area contributed by atoms with E-state index in [1.165, 1.54) is 6.33 Å². The Morgan fingerprint density at radius 1 is 0.842 bits per heavy atom. The van der Waals surface area contributed by atoms with Crippen molar-refractivity contribution in [3.05, 3.63) is 54.9 Å². The molecule has 0 fully saturated rings. The highest BCUT2D eigenvalue weighted by Crippen LogP contribution is 2.29. The molecule has 0 aliphatic carbocycles. The minimum atomic E-state index is 0.182. The molecular weight excluding hydrogens is 236 g/mol. The molecule has 3 aromatic rings. The highest BCUT2D eigenvalue weighted by molar-refractivity contribution is 5.94. The summed E-state index contributed by atoms with van der Waals surface area (Å²) in [6.45, 7) is 4.00. The maximum absolute atomic E-state index is 9.75. The van der Waals surface area contributed by atoms with E-state index in [0.29, 0.717) is 5.52 Å². The van der Waals surface area contributed by atoms with Gasteiger partial charge in [0, 0.05) is 10.9 Å². The van der Waals surface area contributed by atoms with Gasteiger partial charge < -0.3 is 5.11 Å². The quantitative estimate of drug-likeness (QED) is 0.711. The second kappa shape index (κ2) is 5.96. The lowest BCUT2D eigenvalue weighted by Crippen LogP contribution is -1.88. The van der Waals surface area contributed by atoms with Gasteiger partial charge in [-0.2, -0.15) is 0 Å². The number of phenolic OH excluding ortho intramolecular Hbond substituents is 1. The number of benzene rings is 2. The van der Waals surface area contributed by atoms with Crippen molar-refractivity contribution in [2.24, 2.45) is 0 Å². The standard InChI is InChI=1S/C14H10N2O.C2H6/c17-12-8-4-7-11-13(15-9-16-14(11)12)10-5-2-1-3-6-10;1-2/h1-9,17H;1-2H3. The molecule has 0 amide bonds. The van der Waals surface area contributed by atoms with Crippen LogP contribution in [0.25, 0.3) is 22.2 Å². The number of para-hydroxylation sites is 1. The molecule has 0 atom stereocenters. The normalized spacial score (nSPS) is 9.79. The minimum absolute atomic E-state index is 0.182. The molecule has 0 unspecified atom stereocenters. The summed E-state index contributed by atoms with van der Waals surface area (Å²) in [5, 5.41) is 10.6. The van der Waals surface area contributed by atoms with Gasteiger partial charge in [-0.1, -0.05) is 56.3 Å². The van der Waals surface area contributed by atoms with Crippen LogP contribution in [-0.2, 0) is 0 Å². The highest BCUT2D eigenvalue weighted by Gasteiger charge is 2.07. The van der Waals surface area contributed by atoms with Gasteiger partial charge in [0.2, 0.25) is 0 Å². The summed E-state index contributed by atoms with van der Waals surface area (Å²) in [5.41, 5.74) is 2.44. The van der Waals surface area contributed by atoms with E-state index < -0.39 is 0 Å². The first-order chi connectivity index (χ1) is 9.36. The maximum atomic E-state index is 9.75. The maximum Gasteiger partial charge on any atom is 0.141 e. The fraction of sp³-hybridized carbons (Fsp3) is 0.125. The van der Waals surface area contributed by atoms with E-state index >= 15 is 0 Å². The average Bonchev–Trinajstić information content (AvgIpc) is 2.50. The van der Waals surface area contributed by atoms with Crippen LogP contribution in [0.3, 0.4) is 0 Å². The third kappa shape index (κ3) is 2.55. The zero-order valence-electron chi connectivity index (χ0n) is 11.0. The third-order valence-corrected chi connectivity index (χ3v) is 2.69. The van der Waals surface area contributed by atoms with Gasteiger partial charge in [0.15, 0.2) is 0 Å². The zero-order chi connectivity index (χ0) is 13.7. The molecule has 1 heterocycles. The predicted molar refractivity (Wildman–Crippen MR) is 78.0 cm³/mol. The number of aromatic nitrogens is 2. The van der Waals surface area contributed by atoms with Crippen LogP contribution in [-0.4, -0.2) is 15.1 Å². The van der Waals surface area contributed by atoms with E-state index in [4.69, 9.17) is 0 Å². The Morgan fingerprint density at radius 3 is 2.32 bits per heavy atom. The monoisotopic (exact) mass is 252 g/mol. The van der Waals surface area contributed by atoms with Crippen LogP contribution >= 0.6 is 0 Å². The molecule has 0 bridgehead atoms. The topological polar surface area (TPSA) is 46.0 Å². The lowest BCUT2D eigenvalue weighted by molar-refractivity contribution is 0.480. The molecular formula is C16H16N2O. The molecule has 0 aliphatic rings. The molecule has 3 nitrogen and oxygen atoms in total. The van der Waals surface area contributed by atoms with E-state index in [0.717, 1.165) is 16.6 Å². The fourth-order valence-corrected chi connectivity index (χ4v) is 1.90. The summed E-state index contributed by atoms with van der Waals surface area (Å²) >= 11 is 0. The summed E-state index contributed by atoms with van der Waals surface area (Å²) in [6, 6.07) is 15.2. The molecule has 3 rings (SSSR count). The van der Waals surface area contributed by atoms with Crippen molar-refractivity contribution in [2.45, 2.75) is 13.8 Å². The van der Waals surface area contributed by atoms with Crippen LogP contribution in [0.15, 0.2) is 54.9 Å². The number of aromatic hydroxyl groups is 1. The van der Waals surface area contributed by atoms with Gasteiger partial charge in [0.25, 0.3) is 0 Å².